The molecule has 0 fully saturated rings. The molecule has 2 aromatic carbocycles. The van der Waals surface area contributed by atoms with Crippen molar-refractivity contribution in [2.45, 2.75) is 194 Å². The van der Waals surface area contributed by atoms with Crippen molar-refractivity contribution in [3.8, 4) is 11.5 Å². The van der Waals surface area contributed by atoms with Crippen molar-refractivity contribution in [3.63, 3.8) is 0 Å². The van der Waals surface area contributed by atoms with Crippen LogP contribution in [0, 0.1) is 0 Å². The molecule has 6 heteroatoms. The van der Waals surface area contributed by atoms with Gasteiger partial charge in [-0.1, -0.05) is 205 Å². The molecular weight excluding hydrogens is 693 g/mol. The first-order chi connectivity index (χ1) is 27.6. The van der Waals surface area contributed by atoms with E-state index in [0.29, 0.717) is 13.2 Å². The van der Waals surface area contributed by atoms with E-state index in [0.717, 1.165) is 35.5 Å². The van der Waals surface area contributed by atoms with Crippen LogP contribution in [-0.4, -0.2) is 23.2 Å². The van der Waals surface area contributed by atoms with Crippen LogP contribution in [0.3, 0.4) is 0 Å². The SMILES string of the molecule is CCCCCCCCCCCCCCCCOc1ccc(/C=c2\[nH]c(=O)/c(=C/c3ccc(OCCCCCCCCCCCCCCCC)cc3)[nH]c2=O)cc1. The molecule has 0 unspecified atom stereocenters. The topological polar surface area (TPSA) is 84.2 Å². The molecule has 2 N–H and O–H groups in total. The third-order valence-electron chi connectivity index (χ3n) is 10.9. The lowest BCUT2D eigenvalue weighted by Crippen LogP contribution is -2.46. The van der Waals surface area contributed by atoms with E-state index in [1.54, 1.807) is 12.2 Å². The first-order valence-corrected chi connectivity index (χ1v) is 23.1. The van der Waals surface area contributed by atoms with E-state index >= 15 is 0 Å². The predicted molar refractivity (Wildman–Crippen MR) is 239 cm³/mol. The van der Waals surface area contributed by atoms with Gasteiger partial charge in [-0.3, -0.25) is 9.59 Å². The summed E-state index contributed by atoms with van der Waals surface area (Å²) in [5, 5.41) is 0.436. The highest BCUT2D eigenvalue weighted by Crippen LogP contribution is 2.17. The van der Waals surface area contributed by atoms with Crippen molar-refractivity contribution < 1.29 is 9.47 Å². The molecule has 1 aromatic heterocycles. The summed E-state index contributed by atoms with van der Waals surface area (Å²) in [5.74, 6) is 1.63. The zero-order valence-corrected chi connectivity index (χ0v) is 35.6. The van der Waals surface area contributed by atoms with E-state index in [1.165, 1.54) is 167 Å². The number of unbranched alkanes of at least 4 members (excludes halogenated alkanes) is 26. The van der Waals surface area contributed by atoms with Gasteiger partial charge in [0.15, 0.2) is 0 Å². The van der Waals surface area contributed by atoms with Crippen molar-refractivity contribution >= 4 is 12.2 Å². The van der Waals surface area contributed by atoms with Crippen LogP contribution < -0.4 is 31.3 Å². The Hall–Kier alpha value is -3.54. The van der Waals surface area contributed by atoms with E-state index in [4.69, 9.17) is 9.47 Å². The first kappa shape index (κ1) is 46.8. The lowest BCUT2D eigenvalue weighted by molar-refractivity contribution is 0.304. The van der Waals surface area contributed by atoms with Crippen molar-refractivity contribution in [2.75, 3.05) is 13.2 Å². The summed E-state index contributed by atoms with van der Waals surface area (Å²) < 4.78 is 11.9. The van der Waals surface area contributed by atoms with Gasteiger partial charge >= 0.3 is 0 Å². The van der Waals surface area contributed by atoms with Gasteiger partial charge in [0.2, 0.25) is 0 Å². The standard InChI is InChI=1S/C50H78N2O4/c1-3-5-7-9-11-13-15-17-19-21-23-25-27-29-39-55-45-35-31-43(32-36-45)41-47-49(53)52-48(50(54)51-47)42-44-33-37-46(38-34-44)56-40-30-28-26-24-22-20-18-16-14-12-10-8-6-4-2/h31-38,41-42H,3-30,39-40H2,1-2H3,(H,51,54)(H,52,53)/b47-41-,48-42-. The first-order valence-electron chi connectivity index (χ1n) is 23.1. The van der Waals surface area contributed by atoms with Gasteiger partial charge < -0.3 is 19.4 Å². The Morgan fingerprint density at radius 2 is 0.625 bits per heavy atom. The zero-order valence-electron chi connectivity index (χ0n) is 35.6. The van der Waals surface area contributed by atoms with Crippen LogP contribution in [0.15, 0.2) is 58.1 Å². The van der Waals surface area contributed by atoms with Crippen LogP contribution in [0.1, 0.15) is 205 Å². The molecule has 3 rings (SSSR count). The summed E-state index contributed by atoms with van der Waals surface area (Å²) >= 11 is 0. The van der Waals surface area contributed by atoms with E-state index in [1.807, 2.05) is 48.5 Å². The fraction of sp³-hybridized carbons (Fsp3) is 0.640. The number of rotatable bonds is 34. The molecule has 312 valence electrons. The van der Waals surface area contributed by atoms with Crippen molar-refractivity contribution in [1.29, 1.82) is 0 Å². The molecule has 6 nitrogen and oxygen atoms in total. The largest absolute Gasteiger partial charge is 0.494 e. The summed E-state index contributed by atoms with van der Waals surface area (Å²) in [6, 6.07) is 15.3. The second-order valence-corrected chi connectivity index (χ2v) is 16.1. The Morgan fingerprint density at radius 1 is 0.375 bits per heavy atom. The van der Waals surface area contributed by atoms with E-state index in [-0.39, 0.29) is 21.8 Å². The van der Waals surface area contributed by atoms with Gasteiger partial charge in [0.05, 0.1) is 13.2 Å². The minimum Gasteiger partial charge on any atom is -0.494 e. The Bertz CT molecular complexity index is 1500. The summed E-state index contributed by atoms with van der Waals surface area (Å²) in [7, 11) is 0. The van der Waals surface area contributed by atoms with Crippen LogP contribution in [0.25, 0.3) is 12.2 Å². The molecule has 56 heavy (non-hydrogen) atoms. The van der Waals surface area contributed by atoms with Crippen LogP contribution in [-0.2, 0) is 0 Å². The third kappa shape index (κ3) is 22.3. The van der Waals surface area contributed by atoms with Crippen molar-refractivity contribution in [1.82, 2.24) is 9.97 Å². The molecular formula is C50H78N2O4. The van der Waals surface area contributed by atoms with Crippen LogP contribution in [0.4, 0.5) is 0 Å². The molecule has 0 aliphatic heterocycles. The molecule has 0 saturated carbocycles. The minimum atomic E-state index is -0.345. The zero-order chi connectivity index (χ0) is 39.7. The average molecular weight is 771 g/mol. The number of hydrogen-bond acceptors (Lipinski definition) is 4. The summed E-state index contributed by atoms with van der Waals surface area (Å²) in [6.45, 7) is 5.98. The van der Waals surface area contributed by atoms with Gasteiger partial charge in [0.1, 0.15) is 22.2 Å². The second-order valence-electron chi connectivity index (χ2n) is 16.1. The molecule has 0 radical (unpaired) electrons. The Balaban J connectivity index is 1.28. The number of benzene rings is 2. The van der Waals surface area contributed by atoms with Crippen molar-refractivity contribution in [3.05, 3.63) is 91.1 Å². The molecule has 3 aromatic rings. The lowest BCUT2D eigenvalue weighted by atomic mass is 10.0. The Kier molecular flexibility index (Phi) is 26.4. The van der Waals surface area contributed by atoms with Gasteiger partial charge in [-0.15, -0.1) is 0 Å². The van der Waals surface area contributed by atoms with Gasteiger partial charge in [-0.25, -0.2) is 0 Å². The molecule has 1 heterocycles. The van der Waals surface area contributed by atoms with E-state index < -0.39 is 0 Å². The quantitative estimate of drug-likeness (QED) is 0.0592. The normalized spacial score (nSPS) is 12.1. The predicted octanol–water partition coefficient (Wildman–Crippen LogP) is 12.4. The Morgan fingerprint density at radius 3 is 0.893 bits per heavy atom. The fourth-order valence-electron chi connectivity index (χ4n) is 7.32. The molecule has 0 aliphatic carbocycles. The second kappa shape index (κ2) is 31.5. The van der Waals surface area contributed by atoms with Crippen LogP contribution in [0.5, 0.6) is 11.5 Å². The van der Waals surface area contributed by atoms with Crippen LogP contribution in [0.2, 0.25) is 0 Å². The number of H-pyrrole nitrogens is 2. The summed E-state index contributed by atoms with van der Waals surface area (Å²) in [6.07, 6.45) is 40.9. The summed E-state index contributed by atoms with van der Waals surface area (Å²) in [4.78, 5) is 31.3. The molecule has 0 atom stereocenters. The smallest absolute Gasteiger partial charge is 0.272 e. The van der Waals surface area contributed by atoms with Gasteiger partial charge in [0.25, 0.3) is 11.1 Å². The van der Waals surface area contributed by atoms with Gasteiger partial charge in [-0.2, -0.15) is 0 Å². The Labute approximate surface area is 340 Å². The number of hydrogen-bond donors (Lipinski definition) is 2. The highest BCUT2D eigenvalue weighted by molar-refractivity contribution is 5.51. The lowest BCUT2D eigenvalue weighted by Gasteiger charge is -2.07. The molecule has 0 spiro atoms. The third-order valence-corrected chi connectivity index (χ3v) is 10.9. The maximum absolute atomic E-state index is 12.9. The maximum atomic E-state index is 12.9. The van der Waals surface area contributed by atoms with Crippen molar-refractivity contribution in [2.24, 2.45) is 0 Å². The highest BCUT2D eigenvalue weighted by atomic mass is 16.5. The van der Waals surface area contributed by atoms with Gasteiger partial charge in [-0.05, 0) is 60.4 Å². The fourth-order valence-corrected chi connectivity index (χ4v) is 7.32. The van der Waals surface area contributed by atoms with Crippen LogP contribution >= 0.6 is 0 Å². The van der Waals surface area contributed by atoms with E-state index in [2.05, 4.69) is 23.8 Å². The van der Waals surface area contributed by atoms with Gasteiger partial charge in [0, 0.05) is 0 Å². The molecule has 0 saturated heterocycles. The number of nitrogens with one attached hydrogen (secondary N) is 2. The molecule has 0 aliphatic rings. The number of ether oxygens (including phenoxy) is 2. The maximum Gasteiger partial charge on any atom is 0.272 e. The average Bonchev–Trinajstić information content (AvgIpc) is 3.21. The number of aromatic amines is 2. The molecule has 0 bridgehead atoms. The van der Waals surface area contributed by atoms with E-state index in [9.17, 15) is 9.59 Å². The monoisotopic (exact) mass is 771 g/mol. The highest BCUT2D eigenvalue weighted by Gasteiger charge is 2.01. The molecule has 0 amide bonds. The summed E-state index contributed by atoms with van der Waals surface area (Å²) in [5.41, 5.74) is 0.942. The number of aromatic nitrogens is 2. The minimum absolute atomic E-state index is 0.218.